The molecule has 0 bridgehead atoms. The van der Waals surface area contributed by atoms with Crippen LogP contribution in [0, 0.1) is 0 Å². The van der Waals surface area contributed by atoms with Crippen LogP contribution in [0.5, 0.6) is 0 Å². The summed E-state index contributed by atoms with van der Waals surface area (Å²) < 4.78 is 0. The topological polar surface area (TPSA) is 0 Å². The van der Waals surface area contributed by atoms with Crippen LogP contribution in [0.25, 0.3) is 0 Å². The van der Waals surface area contributed by atoms with Gasteiger partial charge in [-0.05, 0) is 0 Å². The van der Waals surface area contributed by atoms with Gasteiger partial charge in [0.25, 0.3) is 0 Å². The fourth-order valence-corrected chi connectivity index (χ4v) is 0. The quantitative estimate of drug-likeness (QED) is 0.493. The zero-order valence-electron chi connectivity index (χ0n) is 1.06. The van der Waals surface area contributed by atoms with E-state index in [1.54, 1.807) is 0 Å². The molecule has 0 N–H and O–H groups in total. The summed E-state index contributed by atoms with van der Waals surface area (Å²) in [6.07, 6.45) is 0. The van der Waals surface area contributed by atoms with Crippen molar-refractivity contribution in [2.24, 2.45) is 0 Å². The van der Waals surface area contributed by atoms with Crippen LogP contribution >= 0.6 is 0 Å². The van der Waals surface area contributed by atoms with Crippen molar-refractivity contribution < 1.29 is 55.2 Å². The van der Waals surface area contributed by atoms with Crippen molar-refractivity contribution in [3.05, 3.63) is 0 Å². The minimum atomic E-state index is 0. The van der Waals surface area contributed by atoms with Gasteiger partial charge in [0.05, 0.1) is 8.41 Å². The molecule has 0 aromatic rings. The standard InChI is InChI=1S/BH3.Co.Cr.Pt/h1H3;;;. The molecular formula is H3BCoCrPt. The zero-order valence-corrected chi connectivity index (χ0v) is 5.65. The van der Waals surface area contributed by atoms with Gasteiger partial charge in [-0.25, -0.2) is 0 Å². The molecule has 0 aliphatic carbocycles. The SMILES string of the molecule is B.[Co].[Cr].[Pt]. The van der Waals surface area contributed by atoms with Crippen molar-refractivity contribution in [2.75, 3.05) is 0 Å². The third-order valence-corrected chi connectivity index (χ3v) is 0. The molecular weight excluding hydrogens is 317 g/mol. The Balaban J connectivity index is 0. The van der Waals surface area contributed by atoms with E-state index < -0.39 is 0 Å². The van der Waals surface area contributed by atoms with Crippen molar-refractivity contribution in [3.8, 4) is 0 Å². The fraction of sp³-hybridized carbons (Fsp3) is 0. The zero-order chi connectivity index (χ0) is 0. The first-order valence-corrected chi connectivity index (χ1v) is 0. The maximum atomic E-state index is 0. The van der Waals surface area contributed by atoms with Crippen LogP contribution in [0.4, 0.5) is 0 Å². The number of rotatable bonds is 0. The molecule has 0 fully saturated rings. The molecule has 0 unspecified atom stereocenters. The van der Waals surface area contributed by atoms with Crippen LogP contribution in [0.1, 0.15) is 0 Å². The Hall–Kier alpha value is 1.79. The van der Waals surface area contributed by atoms with E-state index in [0.29, 0.717) is 0 Å². The first-order valence-electron chi connectivity index (χ1n) is 0. The Morgan fingerprint density at radius 3 is 1.00 bits per heavy atom. The summed E-state index contributed by atoms with van der Waals surface area (Å²) in [6, 6.07) is 0. The largest absolute Gasteiger partial charge is 0.0814 e. The Bertz CT molecular complexity index is 8.00. The molecule has 0 rings (SSSR count). The van der Waals surface area contributed by atoms with E-state index in [1.165, 1.54) is 0 Å². The molecule has 31 valence electrons. The second-order valence-electron chi connectivity index (χ2n) is 0. The maximum absolute atomic E-state index is 0. The predicted molar refractivity (Wildman–Crippen MR) is 9.94 cm³/mol. The third kappa shape index (κ3) is 9.20. The van der Waals surface area contributed by atoms with Crippen molar-refractivity contribution in [2.45, 2.75) is 0 Å². The normalized spacial score (nSPS) is 0. The van der Waals surface area contributed by atoms with Gasteiger partial charge in [-0.3, -0.25) is 0 Å². The molecule has 0 saturated carbocycles. The molecule has 0 saturated heterocycles. The first-order chi connectivity index (χ1) is 0. The minimum absolute atomic E-state index is 0. The maximum Gasteiger partial charge on any atom is 0.0814 e. The van der Waals surface area contributed by atoms with Gasteiger partial charge >= 0.3 is 0 Å². The van der Waals surface area contributed by atoms with E-state index in [9.17, 15) is 0 Å². The average Bonchev–Trinajstić information content (AvgIpc) is 0. The fourth-order valence-electron chi connectivity index (χ4n) is 0. The molecule has 4 heavy (non-hydrogen) atoms. The number of hydrogen-bond acceptors (Lipinski definition) is 0. The van der Waals surface area contributed by atoms with Crippen LogP contribution in [-0.4, -0.2) is 8.41 Å². The monoisotopic (exact) mass is 320 g/mol. The van der Waals surface area contributed by atoms with Crippen LogP contribution in [-0.2, 0) is 55.2 Å². The van der Waals surface area contributed by atoms with Gasteiger partial charge in [-0.2, -0.15) is 0 Å². The predicted octanol–water partition coefficient (Wildman–Crippen LogP) is -1.19. The summed E-state index contributed by atoms with van der Waals surface area (Å²) >= 11 is 0. The molecule has 4 heteroatoms. The van der Waals surface area contributed by atoms with Gasteiger partial charge in [0.15, 0.2) is 0 Å². The van der Waals surface area contributed by atoms with Crippen molar-refractivity contribution in [3.63, 3.8) is 0 Å². The Labute approximate surface area is 63.3 Å². The van der Waals surface area contributed by atoms with E-state index in [0.717, 1.165) is 0 Å². The summed E-state index contributed by atoms with van der Waals surface area (Å²) in [7, 11) is 0. The summed E-state index contributed by atoms with van der Waals surface area (Å²) in [5.74, 6) is 0. The molecule has 0 aromatic carbocycles. The van der Waals surface area contributed by atoms with Crippen LogP contribution < -0.4 is 0 Å². The molecule has 0 amide bonds. The minimum Gasteiger partial charge on any atom is 0 e. The summed E-state index contributed by atoms with van der Waals surface area (Å²) in [6.45, 7) is 0. The van der Waals surface area contributed by atoms with Crippen LogP contribution in [0.3, 0.4) is 0 Å². The molecule has 0 aromatic heterocycles. The second kappa shape index (κ2) is 21.5. The molecule has 0 heterocycles. The molecule has 0 nitrogen and oxygen atoms in total. The van der Waals surface area contributed by atoms with Gasteiger partial charge in [-0.1, -0.05) is 0 Å². The average molecular weight is 320 g/mol. The Kier molecular flexibility index (Phi) is 222. The van der Waals surface area contributed by atoms with Crippen molar-refractivity contribution in [1.29, 1.82) is 0 Å². The van der Waals surface area contributed by atoms with Crippen molar-refractivity contribution in [1.82, 2.24) is 0 Å². The second-order valence-corrected chi connectivity index (χ2v) is 0. The smallest absolute Gasteiger partial charge is 0 e. The molecule has 0 spiro atoms. The van der Waals surface area contributed by atoms with Crippen LogP contribution in [0.15, 0.2) is 0 Å². The van der Waals surface area contributed by atoms with E-state index in [2.05, 4.69) is 0 Å². The van der Waals surface area contributed by atoms with Crippen molar-refractivity contribution >= 4 is 8.41 Å². The van der Waals surface area contributed by atoms with E-state index in [1.807, 2.05) is 0 Å². The summed E-state index contributed by atoms with van der Waals surface area (Å²) in [5, 5.41) is 0. The molecule has 1 radical (unpaired) electrons. The van der Waals surface area contributed by atoms with E-state index >= 15 is 0 Å². The van der Waals surface area contributed by atoms with E-state index in [-0.39, 0.29) is 63.6 Å². The van der Waals surface area contributed by atoms with Crippen LogP contribution in [0.2, 0.25) is 0 Å². The van der Waals surface area contributed by atoms with Gasteiger partial charge in [0, 0.05) is 55.2 Å². The van der Waals surface area contributed by atoms with Gasteiger partial charge < -0.3 is 0 Å². The van der Waals surface area contributed by atoms with Gasteiger partial charge in [-0.15, -0.1) is 0 Å². The molecule has 0 aliphatic rings. The Morgan fingerprint density at radius 2 is 1.00 bits per heavy atom. The molecule has 0 aliphatic heterocycles. The summed E-state index contributed by atoms with van der Waals surface area (Å²) in [5.41, 5.74) is 0. The van der Waals surface area contributed by atoms with Gasteiger partial charge in [0.2, 0.25) is 0 Å². The first kappa shape index (κ1) is 41.4. The van der Waals surface area contributed by atoms with Gasteiger partial charge in [0.1, 0.15) is 0 Å². The van der Waals surface area contributed by atoms with E-state index in [4.69, 9.17) is 0 Å². The number of hydrogen-bond donors (Lipinski definition) is 0. The Morgan fingerprint density at radius 1 is 1.00 bits per heavy atom. The molecule has 0 atom stereocenters. The third-order valence-electron chi connectivity index (χ3n) is 0. The summed E-state index contributed by atoms with van der Waals surface area (Å²) in [4.78, 5) is 0.